The highest BCUT2D eigenvalue weighted by molar-refractivity contribution is 5.80. The van der Waals surface area contributed by atoms with E-state index in [1.165, 1.54) is 20.5 Å². The van der Waals surface area contributed by atoms with Crippen LogP contribution in [-0.2, 0) is 19.1 Å². The largest absolute Gasteiger partial charge is 0.469 e. The van der Waals surface area contributed by atoms with Crippen LogP contribution in [0.5, 0.6) is 0 Å². The van der Waals surface area contributed by atoms with E-state index in [2.05, 4.69) is 5.32 Å². The molecule has 0 aliphatic heterocycles. The van der Waals surface area contributed by atoms with E-state index < -0.39 is 0 Å². The summed E-state index contributed by atoms with van der Waals surface area (Å²) in [5.41, 5.74) is 0. The van der Waals surface area contributed by atoms with Gasteiger partial charge in [0.1, 0.15) is 0 Å². The van der Waals surface area contributed by atoms with E-state index in [1.54, 1.807) is 11.8 Å². The van der Waals surface area contributed by atoms with Crippen LogP contribution >= 0.6 is 0 Å². The number of carbonyl (C=O) groups excluding carboxylic acids is 3. The Morgan fingerprint density at radius 1 is 1.22 bits per heavy atom. The second kappa shape index (κ2) is 10.2. The van der Waals surface area contributed by atoms with Gasteiger partial charge in [-0.1, -0.05) is 26.2 Å². The molecule has 0 aromatic heterocycles. The average molecular weight is 326 g/mol. The van der Waals surface area contributed by atoms with Crippen molar-refractivity contribution in [1.29, 1.82) is 0 Å². The Bertz CT molecular complexity index is 405. The number of amides is 2. The number of carbonyl (C=O) groups is 3. The van der Waals surface area contributed by atoms with E-state index in [9.17, 15) is 14.4 Å². The molecule has 1 aliphatic rings. The van der Waals surface area contributed by atoms with E-state index in [0.29, 0.717) is 26.1 Å². The smallest absolute Gasteiger partial charge is 0.310 e. The van der Waals surface area contributed by atoms with Crippen molar-refractivity contribution in [2.45, 2.75) is 52.4 Å². The maximum atomic E-state index is 12.8. The topological polar surface area (TPSA) is 75.7 Å². The zero-order valence-corrected chi connectivity index (χ0v) is 14.6. The van der Waals surface area contributed by atoms with Gasteiger partial charge in [-0.15, -0.1) is 0 Å². The molecule has 1 atom stereocenters. The Balaban J connectivity index is 2.60. The Morgan fingerprint density at radius 2 is 1.87 bits per heavy atom. The van der Waals surface area contributed by atoms with Gasteiger partial charge in [-0.3, -0.25) is 14.4 Å². The second-order valence-electron chi connectivity index (χ2n) is 6.38. The monoisotopic (exact) mass is 326 g/mol. The number of rotatable bonds is 8. The van der Waals surface area contributed by atoms with Crippen molar-refractivity contribution in [2.24, 2.45) is 11.8 Å². The van der Waals surface area contributed by atoms with Crippen LogP contribution < -0.4 is 5.32 Å². The Kier molecular flexibility index (Phi) is 8.66. The molecular formula is C17H30N2O4. The van der Waals surface area contributed by atoms with Gasteiger partial charge in [-0.05, 0) is 19.3 Å². The fraction of sp³-hybridized carbons (Fsp3) is 0.824. The van der Waals surface area contributed by atoms with Crippen molar-refractivity contribution in [2.75, 3.05) is 26.7 Å². The molecule has 0 radical (unpaired) electrons. The summed E-state index contributed by atoms with van der Waals surface area (Å²) < 4.78 is 4.76. The summed E-state index contributed by atoms with van der Waals surface area (Å²) in [5, 5.41) is 2.74. The number of nitrogens with one attached hydrogen (secondary N) is 1. The molecule has 1 unspecified atom stereocenters. The van der Waals surface area contributed by atoms with Crippen molar-refractivity contribution in [3.63, 3.8) is 0 Å². The number of methoxy groups -OCH3 is 1. The molecule has 0 aromatic carbocycles. The van der Waals surface area contributed by atoms with Crippen molar-refractivity contribution in [1.82, 2.24) is 10.2 Å². The lowest BCUT2D eigenvalue weighted by Crippen LogP contribution is -2.42. The molecular weight excluding hydrogens is 296 g/mol. The molecule has 1 fully saturated rings. The molecule has 1 N–H and O–H groups in total. The maximum absolute atomic E-state index is 12.8. The summed E-state index contributed by atoms with van der Waals surface area (Å²) in [6.07, 6.45) is 5.96. The van der Waals surface area contributed by atoms with Crippen LogP contribution in [0.3, 0.4) is 0 Å². The number of esters is 1. The maximum Gasteiger partial charge on any atom is 0.310 e. The van der Waals surface area contributed by atoms with Gasteiger partial charge in [0.15, 0.2) is 0 Å². The normalized spacial score (nSPS) is 16.5. The molecule has 1 saturated carbocycles. The van der Waals surface area contributed by atoms with E-state index in [4.69, 9.17) is 4.74 Å². The van der Waals surface area contributed by atoms with E-state index in [-0.39, 0.29) is 29.6 Å². The molecule has 6 nitrogen and oxygen atoms in total. The van der Waals surface area contributed by atoms with Gasteiger partial charge >= 0.3 is 5.97 Å². The predicted molar refractivity (Wildman–Crippen MR) is 87.6 cm³/mol. The third-order valence-corrected chi connectivity index (χ3v) is 4.34. The van der Waals surface area contributed by atoms with E-state index in [0.717, 1.165) is 25.7 Å². The highest BCUT2D eigenvalue weighted by atomic mass is 16.5. The molecule has 0 saturated heterocycles. The number of ether oxygens (including phenoxy) is 1. The first kappa shape index (κ1) is 19.5. The van der Waals surface area contributed by atoms with Crippen LogP contribution in [0.4, 0.5) is 0 Å². The molecule has 132 valence electrons. The van der Waals surface area contributed by atoms with Gasteiger partial charge in [-0.25, -0.2) is 0 Å². The fourth-order valence-electron chi connectivity index (χ4n) is 3.04. The summed E-state index contributed by atoms with van der Waals surface area (Å²) in [7, 11) is 1.36. The molecule has 0 heterocycles. The zero-order chi connectivity index (χ0) is 17.2. The van der Waals surface area contributed by atoms with Crippen molar-refractivity contribution < 1.29 is 19.1 Å². The standard InChI is InChI=1S/C17H30N2O4/c1-13(17(22)23-3)12-19(11-7-10-18-14(2)20)16(21)15-8-5-4-6-9-15/h13,15H,4-12H2,1-3H3,(H,18,20). The lowest BCUT2D eigenvalue weighted by molar-refractivity contribution is -0.147. The molecule has 1 aliphatic carbocycles. The van der Waals surface area contributed by atoms with Crippen LogP contribution in [0.1, 0.15) is 52.4 Å². The summed E-state index contributed by atoms with van der Waals surface area (Å²) in [6, 6.07) is 0. The first-order valence-corrected chi connectivity index (χ1v) is 8.56. The summed E-state index contributed by atoms with van der Waals surface area (Å²) in [4.78, 5) is 37.1. The van der Waals surface area contributed by atoms with Gasteiger partial charge in [0.25, 0.3) is 0 Å². The minimum Gasteiger partial charge on any atom is -0.469 e. The Hall–Kier alpha value is -1.59. The van der Waals surface area contributed by atoms with Crippen LogP contribution in [0.15, 0.2) is 0 Å². The average Bonchev–Trinajstić information content (AvgIpc) is 2.56. The highest BCUT2D eigenvalue weighted by Crippen LogP contribution is 2.25. The van der Waals surface area contributed by atoms with Crippen molar-refractivity contribution in [3.05, 3.63) is 0 Å². The lowest BCUT2D eigenvalue weighted by Gasteiger charge is -2.30. The summed E-state index contributed by atoms with van der Waals surface area (Å²) in [6.45, 7) is 4.72. The van der Waals surface area contributed by atoms with Gasteiger partial charge in [0, 0.05) is 32.5 Å². The lowest BCUT2D eigenvalue weighted by atomic mass is 9.88. The molecule has 2 amide bonds. The third-order valence-electron chi connectivity index (χ3n) is 4.34. The predicted octanol–water partition coefficient (Wildman–Crippen LogP) is 1.73. The first-order valence-electron chi connectivity index (χ1n) is 8.56. The fourth-order valence-corrected chi connectivity index (χ4v) is 3.04. The first-order chi connectivity index (χ1) is 11.0. The van der Waals surface area contributed by atoms with Gasteiger partial charge in [-0.2, -0.15) is 0 Å². The van der Waals surface area contributed by atoms with Gasteiger partial charge in [0.05, 0.1) is 13.0 Å². The quantitative estimate of drug-likeness (QED) is 0.544. The van der Waals surface area contributed by atoms with Crippen LogP contribution in [0, 0.1) is 11.8 Å². The van der Waals surface area contributed by atoms with Crippen LogP contribution in [0.25, 0.3) is 0 Å². The summed E-state index contributed by atoms with van der Waals surface area (Å²) in [5.74, 6) is -0.489. The highest BCUT2D eigenvalue weighted by Gasteiger charge is 2.28. The molecule has 0 aromatic rings. The van der Waals surface area contributed by atoms with Crippen molar-refractivity contribution in [3.8, 4) is 0 Å². The Labute approximate surface area is 138 Å². The van der Waals surface area contributed by atoms with Crippen molar-refractivity contribution >= 4 is 17.8 Å². The number of hydrogen-bond acceptors (Lipinski definition) is 4. The van der Waals surface area contributed by atoms with E-state index in [1.807, 2.05) is 0 Å². The molecule has 0 bridgehead atoms. The zero-order valence-electron chi connectivity index (χ0n) is 14.6. The summed E-state index contributed by atoms with van der Waals surface area (Å²) >= 11 is 0. The Morgan fingerprint density at radius 3 is 2.43 bits per heavy atom. The number of nitrogens with zero attached hydrogens (tertiary/aromatic N) is 1. The van der Waals surface area contributed by atoms with Gasteiger partial charge in [0.2, 0.25) is 11.8 Å². The molecule has 23 heavy (non-hydrogen) atoms. The van der Waals surface area contributed by atoms with Gasteiger partial charge < -0.3 is 15.0 Å². The molecule has 1 rings (SSSR count). The number of hydrogen-bond donors (Lipinski definition) is 1. The minimum atomic E-state index is -0.340. The van der Waals surface area contributed by atoms with E-state index >= 15 is 0 Å². The third kappa shape index (κ3) is 7.01. The SMILES string of the molecule is COC(=O)C(C)CN(CCCNC(C)=O)C(=O)C1CCCCC1. The molecule has 6 heteroatoms. The minimum absolute atomic E-state index is 0.0712. The van der Waals surface area contributed by atoms with Crippen LogP contribution in [0.2, 0.25) is 0 Å². The second-order valence-corrected chi connectivity index (χ2v) is 6.38. The molecule has 0 spiro atoms. The van der Waals surface area contributed by atoms with Crippen LogP contribution in [-0.4, -0.2) is 49.4 Å².